The monoisotopic (exact) mass is 201 g/mol. The molecule has 0 amide bonds. The highest BCUT2D eigenvalue weighted by atomic mass is 16.4. The zero-order valence-electron chi connectivity index (χ0n) is 10.1. The lowest BCUT2D eigenvalue weighted by Gasteiger charge is -2.38. The van der Waals surface area contributed by atoms with Crippen LogP contribution in [0.1, 0.15) is 41.5 Å². The van der Waals surface area contributed by atoms with Gasteiger partial charge >= 0.3 is 5.97 Å². The first-order valence-corrected chi connectivity index (χ1v) is 4.99. The van der Waals surface area contributed by atoms with Crippen LogP contribution < -0.4 is 5.73 Å². The van der Waals surface area contributed by atoms with Crippen molar-refractivity contribution in [2.75, 3.05) is 0 Å². The first-order chi connectivity index (χ1) is 5.98. The van der Waals surface area contributed by atoms with Gasteiger partial charge < -0.3 is 10.8 Å². The minimum atomic E-state index is -0.761. The van der Waals surface area contributed by atoms with E-state index >= 15 is 0 Å². The van der Waals surface area contributed by atoms with Crippen LogP contribution in [0.15, 0.2) is 0 Å². The number of hydrogen-bond acceptors (Lipinski definition) is 2. The zero-order chi connectivity index (χ0) is 11.7. The van der Waals surface area contributed by atoms with Crippen molar-refractivity contribution in [3.63, 3.8) is 0 Å². The molecule has 0 aromatic heterocycles. The summed E-state index contributed by atoms with van der Waals surface area (Å²) < 4.78 is 0. The van der Waals surface area contributed by atoms with Gasteiger partial charge in [-0.2, -0.15) is 0 Å². The third-order valence-corrected chi connectivity index (χ3v) is 2.87. The van der Waals surface area contributed by atoms with Crippen LogP contribution in [0.4, 0.5) is 0 Å². The summed E-state index contributed by atoms with van der Waals surface area (Å²) >= 11 is 0. The van der Waals surface area contributed by atoms with E-state index < -0.39 is 17.4 Å². The first-order valence-electron chi connectivity index (χ1n) is 4.99. The van der Waals surface area contributed by atoms with Gasteiger partial charge in [-0.1, -0.05) is 27.7 Å². The molecule has 2 atom stereocenters. The highest BCUT2D eigenvalue weighted by Crippen LogP contribution is 2.36. The van der Waals surface area contributed by atoms with Crippen molar-refractivity contribution in [2.45, 2.75) is 47.1 Å². The SMILES string of the molecule is CC(C(C(=O)O)C(C)(C)C)C(C)(C)N. The first kappa shape index (κ1) is 13.4. The van der Waals surface area contributed by atoms with Gasteiger partial charge in [-0.05, 0) is 25.2 Å². The maximum Gasteiger partial charge on any atom is 0.307 e. The molecule has 0 rings (SSSR count). The Morgan fingerprint density at radius 2 is 1.57 bits per heavy atom. The van der Waals surface area contributed by atoms with Crippen LogP contribution in [0, 0.1) is 17.3 Å². The Hall–Kier alpha value is -0.570. The van der Waals surface area contributed by atoms with E-state index in [1.165, 1.54) is 0 Å². The largest absolute Gasteiger partial charge is 0.481 e. The summed E-state index contributed by atoms with van der Waals surface area (Å²) in [6, 6.07) is 0. The Bertz CT molecular complexity index is 210. The lowest BCUT2D eigenvalue weighted by molar-refractivity contribution is -0.149. The van der Waals surface area contributed by atoms with Gasteiger partial charge in [0.2, 0.25) is 0 Å². The molecule has 84 valence electrons. The fourth-order valence-corrected chi connectivity index (χ4v) is 1.76. The second-order valence-electron chi connectivity index (χ2n) is 5.79. The van der Waals surface area contributed by atoms with Gasteiger partial charge in [0.25, 0.3) is 0 Å². The lowest BCUT2D eigenvalue weighted by Crippen LogP contribution is -2.48. The van der Waals surface area contributed by atoms with Crippen LogP contribution in [0.25, 0.3) is 0 Å². The molecule has 0 aromatic rings. The standard InChI is InChI=1S/C11H23NO2/c1-7(11(5,6)12)8(9(13)14)10(2,3)4/h7-8H,12H2,1-6H3,(H,13,14). The van der Waals surface area contributed by atoms with Gasteiger partial charge in [0.05, 0.1) is 5.92 Å². The second kappa shape index (κ2) is 3.89. The van der Waals surface area contributed by atoms with Gasteiger partial charge in [-0.25, -0.2) is 0 Å². The van der Waals surface area contributed by atoms with E-state index in [1.807, 2.05) is 41.5 Å². The summed E-state index contributed by atoms with van der Waals surface area (Å²) in [5.41, 5.74) is 5.23. The number of carbonyl (C=O) groups is 1. The topological polar surface area (TPSA) is 63.3 Å². The van der Waals surface area contributed by atoms with E-state index in [1.54, 1.807) is 0 Å². The minimum absolute atomic E-state index is 0.0556. The molecular formula is C11H23NO2. The predicted molar refractivity (Wildman–Crippen MR) is 58.0 cm³/mol. The van der Waals surface area contributed by atoms with Crippen LogP contribution in [0.5, 0.6) is 0 Å². The summed E-state index contributed by atoms with van der Waals surface area (Å²) in [7, 11) is 0. The third-order valence-electron chi connectivity index (χ3n) is 2.87. The molecule has 0 spiro atoms. The van der Waals surface area contributed by atoms with E-state index in [0.717, 1.165) is 0 Å². The fourth-order valence-electron chi connectivity index (χ4n) is 1.76. The smallest absolute Gasteiger partial charge is 0.307 e. The molecule has 0 saturated carbocycles. The summed E-state index contributed by atoms with van der Waals surface area (Å²) in [5.74, 6) is -1.23. The molecule has 2 unspecified atom stereocenters. The molecule has 0 aliphatic rings. The van der Waals surface area contributed by atoms with E-state index in [-0.39, 0.29) is 11.3 Å². The van der Waals surface area contributed by atoms with Gasteiger partial charge in [0.15, 0.2) is 0 Å². The molecule has 0 heterocycles. The van der Waals surface area contributed by atoms with E-state index in [0.29, 0.717) is 0 Å². The Kier molecular flexibility index (Phi) is 3.73. The average Bonchev–Trinajstić information content (AvgIpc) is 1.79. The molecule has 0 aliphatic heterocycles. The van der Waals surface area contributed by atoms with Crippen molar-refractivity contribution in [2.24, 2.45) is 23.0 Å². The molecule has 0 saturated heterocycles. The van der Waals surface area contributed by atoms with E-state index in [2.05, 4.69) is 0 Å². The maximum absolute atomic E-state index is 11.2. The number of carboxylic acid groups (broad SMARTS) is 1. The van der Waals surface area contributed by atoms with E-state index in [4.69, 9.17) is 5.73 Å². The van der Waals surface area contributed by atoms with Gasteiger partial charge in [0, 0.05) is 5.54 Å². The summed E-state index contributed by atoms with van der Waals surface area (Å²) in [5, 5.41) is 9.19. The summed E-state index contributed by atoms with van der Waals surface area (Å²) in [4.78, 5) is 11.2. The third kappa shape index (κ3) is 3.29. The Balaban J connectivity index is 4.96. The lowest BCUT2D eigenvalue weighted by atomic mass is 9.68. The Labute approximate surface area is 86.7 Å². The number of hydrogen-bond donors (Lipinski definition) is 2. The van der Waals surface area contributed by atoms with Crippen molar-refractivity contribution in [1.82, 2.24) is 0 Å². The number of aliphatic carboxylic acids is 1. The second-order valence-corrected chi connectivity index (χ2v) is 5.79. The fraction of sp³-hybridized carbons (Fsp3) is 0.909. The van der Waals surface area contributed by atoms with Crippen molar-refractivity contribution < 1.29 is 9.90 Å². The van der Waals surface area contributed by atoms with Gasteiger partial charge in [-0.15, -0.1) is 0 Å². The van der Waals surface area contributed by atoms with Crippen molar-refractivity contribution in [1.29, 1.82) is 0 Å². The normalized spacial score (nSPS) is 17.6. The van der Waals surface area contributed by atoms with Crippen molar-refractivity contribution in [3.05, 3.63) is 0 Å². The zero-order valence-corrected chi connectivity index (χ0v) is 10.1. The van der Waals surface area contributed by atoms with Crippen LogP contribution in [-0.2, 0) is 4.79 Å². The summed E-state index contributed by atoms with van der Waals surface area (Å²) in [6.45, 7) is 11.5. The number of carboxylic acids is 1. The summed E-state index contributed by atoms with van der Waals surface area (Å²) in [6.07, 6.45) is 0. The number of nitrogens with two attached hydrogens (primary N) is 1. The Morgan fingerprint density at radius 3 is 1.64 bits per heavy atom. The molecule has 14 heavy (non-hydrogen) atoms. The van der Waals surface area contributed by atoms with Gasteiger partial charge in [-0.3, -0.25) is 4.79 Å². The van der Waals surface area contributed by atoms with E-state index in [9.17, 15) is 9.90 Å². The highest BCUT2D eigenvalue weighted by Gasteiger charge is 2.40. The van der Waals surface area contributed by atoms with Crippen LogP contribution in [0.2, 0.25) is 0 Å². The molecular weight excluding hydrogens is 178 g/mol. The minimum Gasteiger partial charge on any atom is -0.481 e. The quantitative estimate of drug-likeness (QED) is 0.735. The maximum atomic E-state index is 11.2. The van der Waals surface area contributed by atoms with Crippen LogP contribution in [-0.4, -0.2) is 16.6 Å². The molecule has 3 N–H and O–H groups in total. The van der Waals surface area contributed by atoms with Crippen molar-refractivity contribution in [3.8, 4) is 0 Å². The predicted octanol–water partition coefficient (Wildman–Crippen LogP) is 2.11. The molecule has 0 bridgehead atoms. The highest BCUT2D eigenvalue weighted by molar-refractivity contribution is 5.71. The Morgan fingerprint density at radius 1 is 1.21 bits per heavy atom. The number of rotatable bonds is 3. The molecule has 0 aromatic carbocycles. The van der Waals surface area contributed by atoms with Crippen LogP contribution >= 0.6 is 0 Å². The van der Waals surface area contributed by atoms with Gasteiger partial charge in [0.1, 0.15) is 0 Å². The molecule has 3 nitrogen and oxygen atoms in total. The molecule has 0 aliphatic carbocycles. The molecule has 0 fully saturated rings. The average molecular weight is 201 g/mol. The van der Waals surface area contributed by atoms with Crippen molar-refractivity contribution >= 4 is 5.97 Å². The molecule has 0 radical (unpaired) electrons. The molecule has 3 heteroatoms. The van der Waals surface area contributed by atoms with Crippen LogP contribution in [0.3, 0.4) is 0 Å².